The van der Waals surface area contributed by atoms with Gasteiger partial charge in [0.2, 0.25) is 0 Å². The highest BCUT2D eigenvalue weighted by atomic mass is 79.9. The third-order valence-corrected chi connectivity index (χ3v) is 6.56. The van der Waals surface area contributed by atoms with Crippen LogP contribution in [0.25, 0.3) is 0 Å². The van der Waals surface area contributed by atoms with Crippen molar-refractivity contribution in [3.8, 4) is 0 Å². The Morgan fingerprint density at radius 1 is 0.862 bits per heavy atom. The lowest BCUT2D eigenvalue weighted by atomic mass is 10.0. The molecular formula is C26H47BrN2. The average Bonchev–Trinajstić information content (AvgIpc) is 3.14. The first-order valence-corrected chi connectivity index (χ1v) is 12.5. The molecule has 1 fully saturated rings. The van der Waals surface area contributed by atoms with Gasteiger partial charge < -0.3 is 17.0 Å². The molecule has 2 rings (SSSR count). The van der Waals surface area contributed by atoms with Crippen LogP contribution in [0.2, 0.25) is 0 Å². The van der Waals surface area contributed by atoms with Gasteiger partial charge in [0, 0.05) is 24.1 Å². The lowest BCUT2D eigenvalue weighted by molar-refractivity contribution is -0.697. The monoisotopic (exact) mass is 466 g/mol. The Morgan fingerprint density at radius 3 is 1.93 bits per heavy atom. The quantitative estimate of drug-likeness (QED) is 0.261. The van der Waals surface area contributed by atoms with Crippen molar-refractivity contribution in [2.75, 3.05) is 13.6 Å². The van der Waals surface area contributed by atoms with Gasteiger partial charge in [-0.15, -0.1) is 0 Å². The zero-order chi connectivity index (χ0) is 19.9. The van der Waals surface area contributed by atoms with Crippen molar-refractivity contribution in [3.05, 3.63) is 30.1 Å². The predicted octanol–water partition coefficient (Wildman–Crippen LogP) is 4.23. The van der Waals surface area contributed by atoms with E-state index in [-0.39, 0.29) is 17.0 Å². The highest BCUT2D eigenvalue weighted by molar-refractivity contribution is 5.12. The molecule has 0 N–H and O–H groups in total. The Morgan fingerprint density at radius 2 is 1.41 bits per heavy atom. The van der Waals surface area contributed by atoms with E-state index in [1.807, 2.05) is 0 Å². The summed E-state index contributed by atoms with van der Waals surface area (Å²) in [5.41, 5.74) is 1.51. The van der Waals surface area contributed by atoms with Gasteiger partial charge in [-0.2, -0.15) is 0 Å². The van der Waals surface area contributed by atoms with Crippen molar-refractivity contribution in [2.45, 2.75) is 122 Å². The van der Waals surface area contributed by atoms with E-state index in [9.17, 15) is 0 Å². The van der Waals surface area contributed by atoms with Gasteiger partial charge >= 0.3 is 0 Å². The smallest absolute Gasteiger partial charge is 0.173 e. The van der Waals surface area contributed by atoms with Gasteiger partial charge in [0.25, 0.3) is 0 Å². The van der Waals surface area contributed by atoms with E-state index in [4.69, 9.17) is 0 Å². The molecule has 0 unspecified atom stereocenters. The summed E-state index contributed by atoms with van der Waals surface area (Å²) in [4.78, 5) is 2.51. The van der Waals surface area contributed by atoms with Crippen LogP contribution in [0.1, 0.15) is 121 Å². The minimum atomic E-state index is 0. The van der Waals surface area contributed by atoms with Crippen LogP contribution in [0.3, 0.4) is 0 Å². The highest BCUT2D eigenvalue weighted by Gasteiger charge is 2.24. The molecule has 1 saturated heterocycles. The molecule has 1 aliphatic rings. The number of aryl methyl sites for hydroxylation is 1. The molecule has 168 valence electrons. The van der Waals surface area contributed by atoms with Crippen molar-refractivity contribution in [1.82, 2.24) is 4.90 Å². The molecule has 1 aromatic rings. The van der Waals surface area contributed by atoms with Gasteiger partial charge in [-0.1, -0.05) is 84.0 Å². The van der Waals surface area contributed by atoms with Crippen LogP contribution in [-0.2, 0) is 6.54 Å². The average molecular weight is 468 g/mol. The van der Waals surface area contributed by atoms with E-state index in [0.29, 0.717) is 6.04 Å². The number of likely N-dealkylation sites (tertiary alicyclic amines) is 1. The first-order valence-electron chi connectivity index (χ1n) is 12.5. The maximum Gasteiger partial charge on any atom is 0.173 e. The van der Waals surface area contributed by atoms with Crippen LogP contribution in [0.15, 0.2) is 24.5 Å². The van der Waals surface area contributed by atoms with Gasteiger partial charge in [-0.05, 0) is 38.9 Å². The third-order valence-electron chi connectivity index (χ3n) is 6.56. The van der Waals surface area contributed by atoms with Crippen molar-refractivity contribution in [3.63, 3.8) is 0 Å². The lowest BCUT2D eigenvalue weighted by Crippen LogP contribution is -3.00. The molecule has 0 aromatic carbocycles. The van der Waals surface area contributed by atoms with E-state index in [0.717, 1.165) is 0 Å². The first-order chi connectivity index (χ1) is 13.8. The molecule has 0 saturated carbocycles. The fourth-order valence-corrected chi connectivity index (χ4v) is 4.70. The predicted molar refractivity (Wildman–Crippen MR) is 122 cm³/mol. The highest BCUT2D eigenvalue weighted by Crippen LogP contribution is 2.29. The topological polar surface area (TPSA) is 7.12 Å². The molecule has 0 spiro atoms. The van der Waals surface area contributed by atoms with Gasteiger partial charge in [0.05, 0.1) is 0 Å². The number of rotatable bonds is 16. The Bertz CT molecular complexity index is 505. The largest absolute Gasteiger partial charge is 1.00 e. The molecule has 2 heterocycles. The number of aromatic nitrogens is 1. The van der Waals surface area contributed by atoms with Crippen molar-refractivity contribution in [1.29, 1.82) is 0 Å². The van der Waals surface area contributed by atoms with E-state index in [1.54, 1.807) is 0 Å². The number of nitrogens with zero attached hydrogens (tertiary/aromatic N) is 2. The number of hydrogen-bond acceptors (Lipinski definition) is 1. The summed E-state index contributed by atoms with van der Waals surface area (Å²) in [5, 5.41) is 0. The Hall–Kier alpha value is -0.410. The summed E-state index contributed by atoms with van der Waals surface area (Å²) < 4.78 is 2.42. The zero-order valence-corrected chi connectivity index (χ0v) is 21.0. The van der Waals surface area contributed by atoms with Crippen LogP contribution in [0.5, 0.6) is 0 Å². The summed E-state index contributed by atoms with van der Waals surface area (Å²) in [6.07, 6.45) is 27.4. The van der Waals surface area contributed by atoms with Crippen LogP contribution in [0.4, 0.5) is 0 Å². The molecule has 0 bridgehead atoms. The van der Waals surface area contributed by atoms with Crippen molar-refractivity contribution in [2.24, 2.45) is 0 Å². The molecule has 1 atom stereocenters. The van der Waals surface area contributed by atoms with Gasteiger partial charge in [0.1, 0.15) is 6.54 Å². The number of unbranched alkanes of at least 4 members (excludes halogenated alkanes) is 13. The molecule has 2 nitrogen and oxygen atoms in total. The number of halogens is 1. The van der Waals surface area contributed by atoms with Crippen molar-refractivity contribution < 1.29 is 21.5 Å². The lowest BCUT2D eigenvalue weighted by Gasteiger charge is -2.18. The Balaban J connectivity index is 0.00000420. The second-order valence-corrected chi connectivity index (χ2v) is 9.11. The van der Waals surface area contributed by atoms with Gasteiger partial charge in [-0.3, -0.25) is 4.90 Å². The standard InChI is InChI=1S/C26H47N2.BrH/c1-3-4-5-6-7-8-9-10-11-12-13-14-15-16-22-28-23-17-19-25(24-28)26-20-18-21-27(26)2;/h17,19,23-24,26H,3-16,18,20-22H2,1-2H3;1H/q+1;/p-1/t26-;/m0./s1. The molecule has 0 radical (unpaired) electrons. The first kappa shape index (κ1) is 26.6. The second kappa shape index (κ2) is 17.3. The summed E-state index contributed by atoms with van der Waals surface area (Å²) in [5.74, 6) is 0. The third kappa shape index (κ3) is 11.5. The molecular weight excluding hydrogens is 420 g/mol. The number of hydrogen-bond donors (Lipinski definition) is 0. The molecule has 0 amide bonds. The fourth-order valence-electron chi connectivity index (χ4n) is 4.70. The summed E-state index contributed by atoms with van der Waals surface area (Å²) >= 11 is 0. The van der Waals surface area contributed by atoms with Crippen LogP contribution < -0.4 is 21.5 Å². The van der Waals surface area contributed by atoms with E-state index >= 15 is 0 Å². The molecule has 29 heavy (non-hydrogen) atoms. The van der Waals surface area contributed by atoms with Crippen LogP contribution in [-0.4, -0.2) is 18.5 Å². The van der Waals surface area contributed by atoms with Gasteiger partial charge in [0.15, 0.2) is 12.4 Å². The Labute approximate surface area is 192 Å². The molecule has 1 aromatic heterocycles. The maximum absolute atomic E-state index is 2.51. The van der Waals surface area contributed by atoms with Crippen LogP contribution >= 0.6 is 0 Å². The van der Waals surface area contributed by atoms with Gasteiger partial charge in [-0.25, -0.2) is 4.57 Å². The summed E-state index contributed by atoms with van der Waals surface area (Å²) in [6.45, 7) is 4.73. The Kier molecular flexibility index (Phi) is 15.9. The summed E-state index contributed by atoms with van der Waals surface area (Å²) in [7, 11) is 2.27. The normalized spacial score (nSPS) is 16.8. The van der Waals surface area contributed by atoms with E-state index in [2.05, 4.69) is 48.0 Å². The SMILES string of the molecule is CCCCCCCCCCCCCCCC[n+]1cccc([C@@H]2CCCN2C)c1.[Br-]. The zero-order valence-electron chi connectivity index (χ0n) is 19.4. The number of pyridine rings is 1. The van der Waals surface area contributed by atoms with E-state index < -0.39 is 0 Å². The molecule has 0 aliphatic carbocycles. The minimum absolute atomic E-state index is 0. The molecule has 3 heteroatoms. The molecule has 1 aliphatic heterocycles. The van der Waals surface area contributed by atoms with Crippen LogP contribution in [0, 0.1) is 0 Å². The minimum Gasteiger partial charge on any atom is -1.00 e. The second-order valence-electron chi connectivity index (χ2n) is 9.11. The fraction of sp³-hybridized carbons (Fsp3) is 0.808. The summed E-state index contributed by atoms with van der Waals surface area (Å²) in [6, 6.07) is 5.20. The van der Waals surface area contributed by atoms with Crippen molar-refractivity contribution >= 4 is 0 Å². The van der Waals surface area contributed by atoms with E-state index in [1.165, 1.54) is 121 Å². The maximum atomic E-state index is 2.51.